The van der Waals surface area contributed by atoms with E-state index in [0.717, 1.165) is 0 Å². The molecule has 0 spiro atoms. The van der Waals surface area contributed by atoms with E-state index >= 15 is 0 Å². The standard InChI is InChI=1S/C9H13N5O/c1-5(6(2)10)9-13-8(14-15-9)7-11-3-4-12-7/h3-6H,10H2,1-2H3,(H,11,12). The maximum absolute atomic E-state index is 5.74. The van der Waals surface area contributed by atoms with E-state index in [4.69, 9.17) is 10.3 Å². The van der Waals surface area contributed by atoms with E-state index in [0.29, 0.717) is 17.5 Å². The topological polar surface area (TPSA) is 93.6 Å². The smallest absolute Gasteiger partial charge is 0.238 e. The van der Waals surface area contributed by atoms with Gasteiger partial charge in [-0.05, 0) is 6.92 Å². The summed E-state index contributed by atoms with van der Waals surface area (Å²) in [6.45, 7) is 3.85. The summed E-state index contributed by atoms with van der Waals surface area (Å²) in [5.74, 6) is 1.64. The molecule has 15 heavy (non-hydrogen) atoms. The van der Waals surface area contributed by atoms with Crippen LogP contribution < -0.4 is 5.73 Å². The van der Waals surface area contributed by atoms with E-state index in [2.05, 4.69) is 20.1 Å². The molecule has 2 unspecified atom stereocenters. The monoisotopic (exact) mass is 207 g/mol. The number of hydrogen-bond donors (Lipinski definition) is 2. The molecule has 2 atom stereocenters. The Bertz CT molecular complexity index is 419. The SMILES string of the molecule is CC(N)C(C)c1nc(-c2ncc[nH]2)no1. The first-order chi connectivity index (χ1) is 7.18. The molecule has 0 aliphatic heterocycles. The fourth-order valence-electron chi connectivity index (χ4n) is 1.13. The third-order valence-corrected chi connectivity index (χ3v) is 2.33. The van der Waals surface area contributed by atoms with Crippen molar-refractivity contribution in [1.82, 2.24) is 20.1 Å². The number of H-pyrrole nitrogens is 1. The number of imidazole rings is 1. The van der Waals surface area contributed by atoms with Gasteiger partial charge in [0.25, 0.3) is 0 Å². The Morgan fingerprint density at radius 1 is 1.47 bits per heavy atom. The van der Waals surface area contributed by atoms with Gasteiger partial charge in [0.2, 0.25) is 11.7 Å². The lowest BCUT2D eigenvalue weighted by molar-refractivity contribution is 0.346. The van der Waals surface area contributed by atoms with Gasteiger partial charge in [0.15, 0.2) is 5.82 Å². The van der Waals surface area contributed by atoms with Crippen molar-refractivity contribution >= 4 is 0 Å². The summed E-state index contributed by atoms with van der Waals surface area (Å²) in [5.41, 5.74) is 5.74. The highest BCUT2D eigenvalue weighted by atomic mass is 16.5. The Balaban J connectivity index is 2.25. The van der Waals surface area contributed by atoms with Crippen LogP contribution in [0.2, 0.25) is 0 Å². The van der Waals surface area contributed by atoms with E-state index in [9.17, 15) is 0 Å². The van der Waals surface area contributed by atoms with Crippen molar-refractivity contribution in [3.63, 3.8) is 0 Å². The van der Waals surface area contributed by atoms with E-state index < -0.39 is 0 Å². The third kappa shape index (κ3) is 1.89. The van der Waals surface area contributed by atoms with Crippen molar-refractivity contribution in [1.29, 1.82) is 0 Å². The minimum Gasteiger partial charge on any atom is -0.342 e. The minimum atomic E-state index is -0.0186. The van der Waals surface area contributed by atoms with Crippen LogP contribution in [0.1, 0.15) is 25.7 Å². The fraction of sp³-hybridized carbons (Fsp3) is 0.444. The van der Waals surface area contributed by atoms with Crippen LogP contribution in [0.3, 0.4) is 0 Å². The van der Waals surface area contributed by atoms with Crippen LogP contribution in [0.25, 0.3) is 11.6 Å². The molecule has 0 aromatic carbocycles. The lowest BCUT2D eigenvalue weighted by atomic mass is 10.1. The predicted molar refractivity (Wildman–Crippen MR) is 53.9 cm³/mol. The number of nitrogens with one attached hydrogen (secondary N) is 1. The van der Waals surface area contributed by atoms with Gasteiger partial charge in [0, 0.05) is 18.4 Å². The molecule has 80 valence electrons. The number of nitrogens with two attached hydrogens (primary N) is 1. The van der Waals surface area contributed by atoms with Crippen molar-refractivity contribution in [2.75, 3.05) is 0 Å². The molecule has 0 radical (unpaired) electrons. The molecule has 6 heteroatoms. The lowest BCUT2D eigenvalue weighted by Gasteiger charge is -2.08. The zero-order chi connectivity index (χ0) is 10.8. The summed E-state index contributed by atoms with van der Waals surface area (Å²) in [6.07, 6.45) is 3.35. The average Bonchev–Trinajstić information content (AvgIpc) is 2.86. The van der Waals surface area contributed by atoms with Gasteiger partial charge in [-0.1, -0.05) is 12.1 Å². The van der Waals surface area contributed by atoms with E-state index in [1.807, 2.05) is 13.8 Å². The van der Waals surface area contributed by atoms with Crippen LogP contribution in [-0.4, -0.2) is 26.2 Å². The van der Waals surface area contributed by atoms with Crippen molar-refractivity contribution in [3.05, 3.63) is 18.3 Å². The molecule has 2 heterocycles. The predicted octanol–water partition coefficient (Wildman–Crippen LogP) is 0.910. The van der Waals surface area contributed by atoms with E-state index in [1.54, 1.807) is 12.4 Å². The lowest BCUT2D eigenvalue weighted by Crippen LogP contribution is -2.22. The van der Waals surface area contributed by atoms with Crippen molar-refractivity contribution in [2.45, 2.75) is 25.8 Å². The Hall–Kier alpha value is -1.69. The Kier molecular flexibility index (Phi) is 2.51. The van der Waals surface area contributed by atoms with Gasteiger partial charge >= 0.3 is 0 Å². The molecule has 6 nitrogen and oxygen atoms in total. The quantitative estimate of drug-likeness (QED) is 0.780. The van der Waals surface area contributed by atoms with Crippen molar-refractivity contribution in [2.24, 2.45) is 5.73 Å². The summed E-state index contributed by atoms with van der Waals surface area (Å²) >= 11 is 0. The Morgan fingerprint density at radius 3 is 2.87 bits per heavy atom. The number of nitrogens with zero attached hydrogens (tertiary/aromatic N) is 3. The highest BCUT2D eigenvalue weighted by Gasteiger charge is 2.19. The van der Waals surface area contributed by atoms with E-state index in [1.165, 1.54) is 0 Å². The Morgan fingerprint density at radius 2 is 2.27 bits per heavy atom. The van der Waals surface area contributed by atoms with Gasteiger partial charge < -0.3 is 15.2 Å². The molecular formula is C9H13N5O. The van der Waals surface area contributed by atoms with Crippen LogP contribution in [0.15, 0.2) is 16.9 Å². The van der Waals surface area contributed by atoms with Gasteiger partial charge in [-0.15, -0.1) is 0 Å². The summed E-state index contributed by atoms with van der Waals surface area (Å²) in [6, 6.07) is -0.0186. The van der Waals surface area contributed by atoms with Gasteiger partial charge in [0.1, 0.15) is 0 Å². The molecule has 0 aliphatic rings. The summed E-state index contributed by atoms with van der Waals surface area (Å²) in [7, 11) is 0. The largest absolute Gasteiger partial charge is 0.342 e. The van der Waals surface area contributed by atoms with Crippen molar-refractivity contribution < 1.29 is 4.52 Å². The molecule has 0 saturated carbocycles. The second-order valence-corrected chi connectivity index (χ2v) is 3.54. The molecule has 2 aromatic rings. The highest BCUT2D eigenvalue weighted by Crippen LogP contribution is 2.18. The minimum absolute atomic E-state index is 0.0186. The average molecular weight is 207 g/mol. The molecule has 0 aliphatic carbocycles. The second-order valence-electron chi connectivity index (χ2n) is 3.54. The number of hydrogen-bond acceptors (Lipinski definition) is 5. The zero-order valence-corrected chi connectivity index (χ0v) is 8.64. The molecule has 0 fully saturated rings. The normalized spacial score (nSPS) is 15.1. The van der Waals surface area contributed by atoms with Crippen LogP contribution in [0, 0.1) is 0 Å². The molecule has 0 saturated heterocycles. The summed E-state index contributed by atoms with van der Waals surface area (Å²) < 4.78 is 5.11. The van der Waals surface area contributed by atoms with Gasteiger partial charge in [-0.3, -0.25) is 0 Å². The van der Waals surface area contributed by atoms with Gasteiger partial charge in [0.05, 0.1) is 5.92 Å². The van der Waals surface area contributed by atoms with Crippen LogP contribution >= 0.6 is 0 Å². The second kappa shape index (κ2) is 3.82. The van der Waals surface area contributed by atoms with Gasteiger partial charge in [-0.25, -0.2) is 4.98 Å². The molecule has 2 aromatic heterocycles. The maximum Gasteiger partial charge on any atom is 0.238 e. The Labute approximate surface area is 86.9 Å². The van der Waals surface area contributed by atoms with E-state index in [-0.39, 0.29) is 12.0 Å². The number of aromatic nitrogens is 4. The number of rotatable bonds is 3. The first-order valence-electron chi connectivity index (χ1n) is 4.77. The molecule has 3 N–H and O–H groups in total. The number of aromatic amines is 1. The summed E-state index contributed by atoms with van der Waals surface area (Å²) in [4.78, 5) is 11.2. The van der Waals surface area contributed by atoms with Crippen molar-refractivity contribution in [3.8, 4) is 11.6 Å². The van der Waals surface area contributed by atoms with Crippen LogP contribution in [0.4, 0.5) is 0 Å². The maximum atomic E-state index is 5.74. The molecule has 0 amide bonds. The summed E-state index contributed by atoms with van der Waals surface area (Å²) in [5, 5.41) is 3.83. The van der Waals surface area contributed by atoms with Gasteiger partial charge in [-0.2, -0.15) is 4.98 Å². The molecule has 0 bridgehead atoms. The third-order valence-electron chi connectivity index (χ3n) is 2.33. The zero-order valence-electron chi connectivity index (χ0n) is 8.64. The highest BCUT2D eigenvalue weighted by molar-refractivity contribution is 5.40. The molecule has 2 rings (SSSR count). The van der Waals surface area contributed by atoms with Crippen LogP contribution in [0.5, 0.6) is 0 Å². The van der Waals surface area contributed by atoms with Crippen LogP contribution in [-0.2, 0) is 0 Å². The first kappa shape index (κ1) is 9.85. The molecular weight excluding hydrogens is 194 g/mol. The fourth-order valence-corrected chi connectivity index (χ4v) is 1.13. The first-order valence-corrected chi connectivity index (χ1v) is 4.77.